The summed E-state index contributed by atoms with van der Waals surface area (Å²) < 4.78 is 16.7. The largest absolute Gasteiger partial charge is 0.478 e. The maximum Gasteiger partial charge on any atom is 0.351 e. The molecule has 1 N–H and O–H groups in total. The molecule has 232 valence electrons. The van der Waals surface area contributed by atoms with E-state index in [1.807, 2.05) is 19.1 Å². The number of ether oxygens (including phenoxy) is 3. The number of nitrogens with one attached hydrogen (secondary N) is 1. The number of methoxy groups -OCH3 is 1. The summed E-state index contributed by atoms with van der Waals surface area (Å²) >= 11 is 0. The molecule has 0 fully saturated rings. The minimum atomic E-state index is -1.33. The Morgan fingerprint density at radius 1 is 0.889 bits per heavy atom. The fraction of sp³-hybridized carbons (Fsp3) is 0.257. The fourth-order valence-electron chi connectivity index (χ4n) is 4.57. The highest BCUT2D eigenvalue weighted by molar-refractivity contribution is 6.12. The van der Waals surface area contributed by atoms with Gasteiger partial charge in [-0.05, 0) is 49.1 Å². The van der Waals surface area contributed by atoms with Gasteiger partial charge in [0.15, 0.2) is 17.8 Å². The molecule has 10 nitrogen and oxygen atoms in total. The minimum Gasteiger partial charge on any atom is -0.478 e. The number of rotatable bonds is 14. The number of aldehydes is 1. The van der Waals surface area contributed by atoms with E-state index >= 15 is 0 Å². The third kappa shape index (κ3) is 8.17. The first-order valence-corrected chi connectivity index (χ1v) is 14.5. The monoisotopic (exact) mass is 608 g/mol. The van der Waals surface area contributed by atoms with Crippen molar-refractivity contribution in [2.45, 2.75) is 45.8 Å². The minimum absolute atomic E-state index is 0.0690. The van der Waals surface area contributed by atoms with Crippen molar-refractivity contribution in [2.75, 3.05) is 19.0 Å². The lowest BCUT2D eigenvalue weighted by molar-refractivity contribution is -0.152. The number of nitrogens with zero attached hydrogens (tertiary/aromatic N) is 3. The summed E-state index contributed by atoms with van der Waals surface area (Å²) in [5.41, 5.74) is 2.92. The van der Waals surface area contributed by atoms with Crippen LogP contribution in [0.3, 0.4) is 0 Å². The average Bonchev–Trinajstić information content (AvgIpc) is 3.07. The van der Waals surface area contributed by atoms with Gasteiger partial charge < -0.3 is 19.5 Å². The van der Waals surface area contributed by atoms with Crippen molar-refractivity contribution < 1.29 is 28.6 Å². The molecular weight excluding hydrogens is 572 g/mol. The summed E-state index contributed by atoms with van der Waals surface area (Å²) in [5, 5.41) is 11.6. The Morgan fingerprint density at radius 2 is 1.60 bits per heavy atom. The maximum atomic E-state index is 14.5. The number of benzene rings is 2. The van der Waals surface area contributed by atoms with Crippen LogP contribution in [0.5, 0.6) is 5.88 Å². The molecule has 0 aliphatic heterocycles. The van der Waals surface area contributed by atoms with Gasteiger partial charge in [-0.3, -0.25) is 9.59 Å². The second-order valence-electron chi connectivity index (χ2n) is 10.4. The molecule has 0 radical (unpaired) electrons. The molecule has 2 aromatic carbocycles. The average molecular weight is 609 g/mol. The molecule has 2 heterocycles. The van der Waals surface area contributed by atoms with E-state index in [0.717, 1.165) is 5.56 Å². The van der Waals surface area contributed by atoms with Crippen LogP contribution in [0.4, 0.5) is 5.82 Å². The number of Topliss-reactive ketones (excluding diaryl/α,β-unsaturated/α-hetero) is 1. The van der Waals surface area contributed by atoms with Crippen molar-refractivity contribution in [1.29, 1.82) is 0 Å². The number of anilines is 1. The maximum absolute atomic E-state index is 14.5. The van der Waals surface area contributed by atoms with Crippen LogP contribution in [0.15, 0.2) is 96.4 Å². The van der Waals surface area contributed by atoms with Crippen LogP contribution in [0.2, 0.25) is 0 Å². The van der Waals surface area contributed by atoms with Crippen LogP contribution >= 0.6 is 0 Å². The van der Waals surface area contributed by atoms with Crippen LogP contribution in [-0.4, -0.2) is 46.9 Å². The van der Waals surface area contributed by atoms with Crippen molar-refractivity contribution in [3.8, 4) is 5.88 Å². The van der Waals surface area contributed by atoms with Crippen molar-refractivity contribution in [3.63, 3.8) is 0 Å². The molecule has 0 amide bonds. The second kappa shape index (κ2) is 15.4. The van der Waals surface area contributed by atoms with Crippen molar-refractivity contribution >= 4 is 23.9 Å². The molecule has 0 unspecified atom stereocenters. The molecule has 45 heavy (non-hydrogen) atoms. The van der Waals surface area contributed by atoms with Crippen LogP contribution in [0, 0.1) is 6.92 Å². The molecule has 4 rings (SSSR count). The highest BCUT2D eigenvalue weighted by Gasteiger charge is 2.33. The summed E-state index contributed by atoms with van der Waals surface area (Å²) in [6.07, 6.45) is 0.629. The third-order valence-corrected chi connectivity index (χ3v) is 6.98. The lowest BCUT2D eigenvalue weighted by Gasteiger charge is -2.25. The van der Waals surface area contributed by atoms with Crippen LogP contribution in [0.1, 0.15) is 71.6 Å². The highest BCUT2D eigenvalue weighted by Crippen LogP contribution is 2.34. The third-order valence-electron chi connectivity index (χ3n) is 6.98. The number of esters is 1. The summed E-state index contributed by atoms with van der Waals surface area (Å²) in [7, 11) is 1.22. The number of carbonyl (C=O) groups is 3. The lowest BCUT2D eigenvalue weighted by atomic mass is 9.90. The number of hydrogen-bond acceptors (Lipinski definition) is 10. The van der Waals surface area contributed by atoms with Gasteiger partial charge in [0.25, 0.3) is 0 Å². The Bertz CT molecular complexity index is 1620. The molecule has 0 aliphatic rings. The van der Waals surface area contributed by atoms with Gasteiger partial charge in [0.05, 0.1) is 31.0 Å². The topological polar surface area (TPSA) is 130 Å². The molecule has 0 aliphatic carbocycles. The Kier molecular flexibility index (Phi) is 11.1. The zero-order valence-electron chi connectivity index (χ0n) is 25.9. The van der Waals surface area contributed by atoms with Crippen LogP contribution in [0.25, 0.3) is 0 Å². The van der Waals surface area contributed by atoms with E-state index < -0.39 is 23.9 Å². The molecular formula is C35H36N4O6. The number of allylic oxidation sites excluding steroid dienone is 1. The van der Waals surface area contributed by atoms with E-state index in [2.05, 4.69) is 34.3 Å². The number of aryl methyl sites for hydroxylation is 1. The molecule has 2 atom stereocenters. The van der Waals surface area contributed by atoms with Crippen LogP contribution in [-0.2, 0) is 19.1 Å². The standard InChI is InChI=1S/C35H36N4O6/c1-6-44-30-19-17-27(20-36-30)32(37-29-18-12-23(4)38-39-29)31(33(41)25-15-13-24(14-16-25)22(2)3)28(21-40)45-34(35(42)43-5)26-10-8-7-9-11-26/h7-22,32,34H,6H2,1-5H3,(H,37,39)/b31-28-/t32-,34+/m0/s1. The molecule has 0 bridgehead atoms. The van der Waals surface area contributed by atoms with Crippen LogP contribution < -0.4 is 10.1 Å². The number of pyridine rings is 1. The molecule has 4 aromatic rings. The first kappa shape index (κ1) is 32.5. The number of ketones is 1. The quantitative estimate of drug-likeness (QED) is 0.0587. The Labute approximate surface area is 262 Å². The van der Waals surface area contributed by atoms with E-state index in [0.29, 0.717) is 47.0 Å². The van der Waals surface area contributed by atoms with Gasteiger partial charge >= 0.3 is 5.97 Å². The zero-order valence-corrected chi connectivity index (χ0v) is 25.9. The number of hydrogen-bond donors (Lipinski definition) is 1. The normalized spacial score (nSPS) is 12.8. The summed E-state index contributed by atoms with van der Waals surface area (Å²) in [4.78, 5) is 44.7. The second-order valence-corrected chi connectivity index (χ2v) is 10.4. The van der Waals surface area contributed by atoms with Gasteiger partial charge in [-0.15, -0.1) is 5.10 Å². The molecule has 10 heteroatoms. The van der Waals surface area contributed by atoms with Gasteiger partial charge in [-0.2, -0.15) is 5.10 Å². The zero-order chi connectivity index (χ0) is 32.3. The van der Waals surface area contributed by atoms with E-state index in [1.165, 1.54) is 13.3 Å². The van der Waals surface area contributed by atoms with Gasteiger partial charge in [-0.1, -0.05) is 68.4 Å². The summed E-state index contributed by atoms with van der Waals surface area (Å²) in [6, 6.07) is 21.6. The van der Waals surface area contributed by atoms with E-state index in [4.69, 9.17) is 14.2 Å². The number of aromatic nitrogens is 3. The molecule has 0 spiro atoms. The van der Waals surface area contributed by atoms with Gasteiger partial charge in [0, 0.05) is 23.4 Å². The highest BCUT2D eigenvalue weighted by atomic mass is 16.6. The lowest BCUT2D eigenvalue weighted by Crippen LogP contribution is -2.25. The predicted octanol–water partition coefficient (Wildman–Crippen LogP) is 6.12. The Hall–Kier alpha value is -5.38. The van der Waals surface area contributed by atoms with Crippen molar-refractivity contribution in [1.82, 2.24) is 15.2 Å². The summed E-state index contributed by atoms with van der Waals surface area (Å²) in [5.74, 6) is -0.649. The fourth-order valence-corrected chi connectivity index (χ4v) is 4.57. The molecule has 0 saturated heterocycles. The first-order valence-electron chi connectivity index (χ1n) is 14.5. The van der Waals surface area contributed by atoms with Gasteiger partial charge in [0.2, 0.25) is 12.0 Å². The Morgan fingerprint density at radius 3 is 2.16 bits per heavy atom. The van der Waals surface area contributed by atoms with Gasteiger partial charge in [-0.25, -0.2) is 9.78 Å². The predicted molar refractivity (Wildman–Crippen MR) is 169 cm³/mol. The van der Waals surface area contributed by atoms with Crippen molar-refractivity contribution in [2.24, 2.45) is 0 Å². The first-order chi connectivity index (χ1) is 21.7. The summed E-state index contributed by atoms with van der Waals surface area (Å²) in [6.45, 7) is 8.17. The Balaban J connectivity index is 1.94. The van der Waals surface area contributed by atoms with E-state index in [9.17, 15) is 14.4 Å². The van der Waals surface area contributed by atoms with Crippen molar-refractivity contribution in [3.05, 3.63) is 124 Å². The molecule has 0 saturated carbocycles. The molecule has 2 aromatic heterocycles. The van der Waals surface area contributed by atoms with Gasteiger partial charge in [0.1, 0.15) is 5.82 Å². The smallest absolute Gasteiger partial charge is 0.351 e. The van der Waals surface area contributed by atoms with E-state index in [1.54, 1.807) is 73.7 Å². The van der Waals surface area contributed by atoms with E-state index in [-0.39, 0.29) is 17.3 Å². The SMILES string of the molecule is CCOc1ccc([C@H](Nc2ccc(C)nn2)/C(C(=O)c2ccc(C(C)C)cc2)=C(\C=O)O[C@@H](C(=O)OC)c2ccccc2)cn1. The number of carbonyl (C=O) groups excluding carboxylic acids is 3.